The zero-order valence-electron chi connectivity index (χ0n) is 9.06. The van der Waals surface area contributed by atoms with Crippen molar-refractivity contribution in [2.45, 2.75) is 32.2 Å². The average molecular weight is 207 g/mol. The van der Waals surface area contributed by atoms with Crippen molar-refractivity contribution < 1.29 is 5.11 Å². The van der Waals surface area contributed by atoms with E-state index in [1.165, 1.54) is 6.42 Å². The van der Waals surface area contributed by atoms with Crippen molar-refractivity contribution in [3.63, 3.8) is 0 Å². The van der Waals surface area contributed by atoms with Gasteiger partial charge in [-0.3, -0.25) is 0 Å². The van der Waals surface area contributed by atoms with E-state index in [9.17, 15) is 5.11 Å². The molecule has 1 N–H and O–H groups in total. The van der Waals surface area contributed by atoms with Crippen LogP contribution >= 0.6 is 0 Å². The van der Waals surface area contributed by atoms with Gasteiger partial charge in [-0.05, 0) is 31.7 Å². The normalized spacial score (nSPS) is 21.7. The van der Waals surface area contributed by atoms with Crippen LogP contribution in [-0.4, -0.2) is 34.3 Å². The Hall–Kier alpha value is -1.16. The quantitative estimate of drug-likeness (QED) is 0.790. The number of aromatic nitrogens is 2. The molecule has 4 nitrogen and oxygen atoms in total. The van der Waals surface area contributed by atoms with E-state index in [-0.39, 0.29) is 12.6 Å². The molecule has 1 unspecified atom stereocenters. The van der Waals surface area contributed by atoms with Crippen LogP contribution in [-0.2, 0) is 0 Å². The second-order valence-electron chi connectivity index (χ2n) is 4.09. The van der Waals surface area contributed by atoms with Crippen molar-refractivity contribution >= 4 is 5.95 Å². The van der Waals surface area contributed by atoms with Crippen LogP contribution in [0.3, 0.4) is 0 Å². The highest BCUT2D eigenvalue weighted by molar-refractivity contribution is 5.32. The molecule has 1 aliphatic rings. The van der Waals surface area contributed by atoms with Crippen LogP contribution in [0.25, 0.3) is 0 Å². The monoisotopic (exact) mass is 207 g/mol. The van der Waals surface area contributed by atoms with Gasteiger partial charge >= 0.3 is 0 Å². The summed E-state index contributed by atoms with van der Waals surface area (Å²) >= 11 is 0. The molecule has 1 atom stereocenters. The molecule has 0 aromatic carbocycles. The lowest BCUT2D eigenvalue weighted by Crippen LogP contribution is -2.42. The molecule has 0 amide bonds. The minimum atomic E-state index is 0.192. The van der Waals surface area contributed by atoms with E-state index in [2.05, 4.69) is 14.9 Å². The fourth-order valence-corrected chi connectivity index (χ4v) is 1.99. The van der Waals surface area contributed by atoms with Gasteiger partial charge in [0.25, 0.3) is 0 Å². The lowest BCUT2D eigenvalue weighted by Gasteiger charge is -2.34. The van der Waals surface area contributed by atoms with E-state index in [1.54, 1.807) is 0 Å². The first kappa shape index (κ1) is 10.4. The second kappa shape index (κ2) is 4.57. The molecule has 2 rings (SSSR count). The van der Waals surface area contributed by atoms with Gasteiger partial charge in [-0.15, -0.1) is 0 Å². The molecule has 1 saturated heterocycles. The van der Waals surface area contributed by atoms with E-state index in [0.29, 0.717) is 0 Å². The Kier molecular flexibility index (Phi) is 3.16. The zero-order chi connectivity index (χ0) is 10.7. The molecular weight excluding hydrogens is 190 g/mol. The molecule has 0 radical (unpaired) electrons. The number of hydrogen-bond donors (Lipinski definition) is 1. The summed E-state index contributed by atoms with van der Waals surface area (Å²) in [6, 6.07) is 0.196. The maximum absolute atomic E-state index is 9.28. The highest BCUT2D eigenvalue weighted by Gasteiger charge is 2.23. The molecule has 0 saturated carbocycles. The highest BCUT2D eigenvalue weighted by Crippen LogP contribution is 2.20. The molecule has 1 aromatic heterocycles. The first-order valence-electron chi connectivity index (χ1n) is 5.47. The Morgan fingerprint density at radius 3 is 2.80 bits per heavy atom. The molecule has 4 heteroatoms. The van der Waals surface area contributed by atoms with Crippen molar-refractivity contribution in [1.82, 2.24) is 9.97 Å². The minimum absolute atomic E-state index is 0.192. The van der Waals surface area contributed by atoms with E-state index in [4.69, 9.17) is 0 Å². The maximum Gasteiger partial charge on any atom is 0.225 e. The van der Waals surface area contributed by atoms with Crippen LogP contribution in [0, 0.1) is 6.92 Å². The zero-order valence-corrected chi connectivity index (χ0v) is 9.06. The Labute approximate surface area is 90.0 Å². The fraction of sp³-hybridized carbons (Fsp3) is 0.636. The number of rotatable bonds is 2. The van der Waals surface area contributed by atoms with Gasteiger partial charge in [0.1, 0.15) is 0 Å². The number of piperidine rings is 1. The molecule has 0 bridgehead atoms. The summed E-state index contributed by atoms with van der Waals surface area (Å²) in [5, 5.41) is 9.28. The summed E-state index contributed by atoms with van der Waals surface area (Å²) in [6.07, 6.45) is 7.03. The predicted octanol–water partition coefficient (Wildman–Crippen LogP) is 1.14. The van der Waals surface area contributed by atoms with Gasteiger partial charge in [-0.2, -0.15) is 0 Å². The molecule has 0 spiro atoms. The number of aliphatic hydroxyl groups is 1. The summed E-state index contributed by atoms with van der Waals surface area (Å²) in [6.45, 7) is 3.12. The number of aryl methyl sites for hydroxylation is 1. The van der Waals surface area contributed by atoms with Crippen LogP contribution in [0.4, 0.5) is 5.95 Å². The Morgan fingerprint density at radius 2 is 2.13 bits per heavy atom. The largest absolute Gasteiger partial charge is 0.394 e. The topological polar surface area (TPSA) is 49.2 Å². The third-order valence-electron chi connectivity index (χ3n) is 2.86. The molecule has 82 valence electrons. The number of nitrogens with zero attached hydrogens (tertiary/aromatic N) is 3. The van der Waals surface area contributed by atoms with Crippen molar-refractivity contribution in [3.05, 3.63) is 18.0 Å². The van der Waals surface area contributed by atoms with Gasteiger partial charge in [-0.1, -0.05) is 0 Å². The maximum atomic E-state index is 9.28. The second-order valence-corrected chi connectivity index (χ2v) is 4.09. The van der Waals surface area contributed by atoms with Crippen LogP contribution in [0.5, 0.6) is 0 Å². The van der Waals surface area contributed by atoms with Crippen molar-refractivity contribution in [2.24, 2.45) is 0 Å². The van der Waals surface area contributed by atoms with E-state index in [0.717, 1.165) is 30.9 Å². The van der Waals surface area contributed by atoms with Gasteiger partial charge in [0, 0.05) is 18.9 Å². The number of aliphatic hydroxyl groups excluding tert-OH is 1. The van der Waals surface area contributed by atoms with Crippen molar-refractivity contribution in [2.75, 3.05) is 18.1 Å². The molecule has 1 aromatic rings. The summed E-state index contributed by atoms with van der Waals surface area (Å²) in [4.78, 5) is 10.7. The summed E-state index contributed by atoms with van der Waals surface area (Å²) in [5.74, 6) is 0.749. The average Bonchev–Trinajstić information content (AvgIpc) is 2.30. The summed E-state index contributed by atoms with van der Waals surface area (Å²) in [5.41, 5.74) is 1.07. The number of anilines is 1. The standard InChI is InChI=1S/C11H17N3O/c1-9-6-12-11(13-7-9)14-5-3-2-4-10(14)8-15/h6-7,10,15H,2-5,8H2,1H3. The lowest BCUT2D eigenvalue weighted by atomic mass is 10.0. The Bertz CT molecular complexity index is 312. The third-order valence-corrected chi connectivity index (χ3v) is 2.86. The van der Waals surface area contributed by atoms with E-state index in [1.807, 2.05) is 19.3 Å². The SMILES string of the molecule is Cc1cnc(N2CCCCC2CO)nc1. The van der Waals surface area contributed by atoms with Crippen molar-refractivity contribution in [3.8, 4) is 0 Å². The minimum Gasteiger partial charge on any atom is -0.394 e. The molecule has 2 heterocycles. The first-order valence-corrected chi connectivity index (χ1v) is 5.47. The van der Waals surface area contributed by atoms with Gasteiger partial charge in [-0.25, -0.2) is 9.97 Å². The Morgan fingerprint density at radius 1 is 1.40 bits per heavy atom. The van der Waals surface area contributed by atoms with Gasteiger partial charge < -0.3 is 10.0 Å². The van der Waals surface area contributed by atoms with Crippen LogP contribution in [0.1, 0.15) is 24.8 Å². The summed E-state index contributed by atoms with van der Waals surface area (Å²) < 4.78 is 0. The van der Waals surface area contributed by atoms with E-state index < -0.39 is 0 Å². The van der Waals surface area contributed by atoms with Crippen molar-refractivity contribution in [1.29, 1.82) is 0 Å². The first-order chi connectivity index (χ1) is 7.31. The van der Waals surface area contributed by atoms with E-state index >= 15 is 0 Å². The molecule has 1 aliphatic heterocycles. The molecule has 15 heavy (non-hydrogen) atoms. The van der Waals surface area contributed by atoms with Crippen LogP contribution in [0.2, 0.25) is 0 Å². The molecule has 0 aliphatic carbocycles. The fourth-order valence-electron chi connectivity index (χ4n) is 1.99. The number of hydrogen-bond acceptors (Lipinski definition) is 4. The molecular formula is C11H17N3O. The van der Waals surface area contributed by atoms with Gasteiger partial charge in [0.05, 0.1) is 12.6 Å². The molecule has 1 fully saturated rings. The van der Waals surface area contributed by atoms with Gasteiger partial charge in [0.15, 0.2) is 0 Å². The lowest BCUT2D eigenvalue weighted by molar-refractivity contribution is 0.239. The Balaban J connectivity index is 2.16. The smallest absolute Gasteiger partial charge is 0.225 e. The highest BCUT2D eigenvalue weighted by atomic mass is 16.3. The third kappa shape index (κ3) is 2.26. The summed E-state index contributed by atoms with van der Waals surface area (Å²) in [7, 11) is 0. The predicted molar refractivity (Wildman–Crippen MR) is 58.8 cm³/mol. The van der Waals surface area contributed by atoms with Crippen LogP contribution < -0.4 is 4.90 Å². The van der Waals surface area contributed by atoms with Gasteiger partial charge in [0.2, 0.25) is 5.95 Å². The van der Waals surface area contributed by atoms with Crippen LogP contribution in [0.15, 0.2) is 12.4 Å².